The Bertz CT molecular complexity index is 2320. The summed E-state index contributed by atoms with van der Waals surface area (Å²) in [6.07, 6.45) is -38.1. The molecule has 0 saturated carbocycles. The Morgan fingerprint density at radius 1 is 0.151 bits per heavy atom. The van der Waals surface area contributed by atoms with Crippen molar-refractivity contribution in [2.45, 2.75) is 402 Å². The predicted octanol–water partition coefficient (Wildman–Crippen LogP) is -1.10. The summed E-state index contributed by atoms with van der Waals surface area (Å²) in [4.78, 5) is 0. The van der Waals surface area contributed by atoms with E-state index >= 15 is 0 Å². The second-order valence-electron chi connectivity index (χ2n) is 37.6. The van der Waals surface area contributed by atoms with Gasteiger partial charge in [0.05, 0.1) is 171 Å². The molecule has 0 radical (unpaired) electrons. The standard InChI is InChI=1S/C84H161N7O28/c1-36(92)15-50-57(22-43(8)99)78-106-64(29-85)71(50)113-79-58(23-44(9)100)51(16-37(2)93)73(66(31-87)107-79)115-81-60(25-46(11)102)53(18-39(4)95)75(68(33-89)109-81)117-83-62(27-48(13)104)55(20-41(6)97)77(70(35-91)111-83)119-84-63(28-49(14)105)56(21-42(7)98)76(69(34-90)112-84)118-82-61(26-47(12)103)54(19-40(5)96)74(67(32-88)110-82)116-80-59(24-45(10)101)52(17-38(3)94)72(114-78)65(30-86)108-80/h36-84,92-105H,15-35,85-91H2,1-14H3/t36?,37?,38?,39?,40?,41?,42?,43?,44?,45?,46?,47?,48?,49?,50-,51-,52-,53-,54-,55-,56-,57-,58-,59-,60-,61-,62-,63-,64-,65-,66-,67-,68-,69-,70-,71+,72+,73+,74+,75+,76+,77+,78-,79-,80-,81-,82-,83-,84-/m1/s1. The maximum Gasteiger partial charge on any atom is 0.161 e. The highest BCUT2D eigenvalue weighted by Crippen LogP contribution is 2.53. The first-order valence-electron chi connectivity index (χ1n) is 44.8. The van der Waals surface area contributed by atoms with E-state index in [0.717, 1.165) is 0 Å². The fourth-order valence-electron chi connectivity index (χ4n) is 21.8. The van der Waals surface area contributed by atoms with Gasteiger partial charge in [0.15, 0.2) is 44.0 Å². The molecule has 0 amide bonds. The molecule has 21 rings (SSSR count). The zero-order chi connectivity index (χ0) is 88.0. The summed E-state index contributed by atoms with van der Waals surface area (Å²) >= 11 is 0. The van der Waals surface area contributed by atoms with E-state index in [1.807, 2.05) is 0 Å². The topological polar surface area (TPSA) is 595 Å². The first kappa shape index (κ1) is 103. The van der Waals surface area contributed by atoms with Crippen LogP contribution in [0.15, 0.2) is 0 Å². The lowest BCUT2D eigenvalue weighted by Gasteiger charge is -2.55. The second kappa shape index (κ2) is 47.8. The summed E-state index contributed by atoms with van der Waals surface area (Å²) in [5, 5.41) is 164. The number of ether oxygens (including phenoxy) is 14. The maximum absolute atomic E-state index is 11.7. The van der Waals surface area contributed by atoms with Gasteiger partial charge in [-0.2, -0.15) is 0 Å². The molecule has 0 aromatic rings. The van der Waals surface area contributed by atoms with Crippen LogP contribution in [0.1, 0.15) is 187 Å². The van der Waals surface area contributed by atoms with Gasteiger partial charge in [-0.05, 0) is 228 Å². The third-order valence-corrected chi connectivity index (χ3v) is 26.2. The molecule has 35 heteroatoms. The van der Waals surface area contributed by atoms with Crippen LogP contribution >= 0.6 is 0 Å². The SMILES string of the molecule is CC(O)C[C@@H]1[C@@H](CC(C)O)[C@H]2O[C@H]3[C@H](CC(C)O)[C@@H](CC(C)O)[C@@H](O[C@H]4[C@H](CC(C)O)[C@@H](CC(C)O)[C@@H](O[C@H]5[C@H](CC(C)O)[C@@H](CC(C)O)[C@@H](O[C@H]6[C@H](CC(C)O)[C@@H](CC(C)O)[C@@H](O[C@H]7[C@H](CC(C)O)[C@@H](CC(C)O)[C@@H](O[C@H]8[C@H](CC(C)O)[C@@H](CC(C)O)[C@@H](O[C@@H]1[C@@H](CN)O2)O[C@@H]8CN)O[C@@H]7CN)O[C@@H]6CN)O[C@@H]5CN)O[C@@H]4CN)O[C@@H]3CN. The Labute approximate surface area is 705 Å². The van der Waals surface area contributed by atoms with Crippen molar-refractivity contribution in [3.8, 4) is 0 Å². The average molecular weight is 1720 g/mol. The molecule has 21 fully saturated rings. The molecule has 0 aliphatic carbocycles. The molecule has 0 spiro atoms. The van der Waals surface area contributed by atoms with Crippen molar-refractivity contribution in [2.75, 3.05) is 45.8 Å². The molecular formula is C84H161N7O28. The van der Waals surface area contributed by atoms with E-state index in [2.05, 4.69) is 0 Å². The van der Waals surface area contributed by atoms with Crippen molar-refractivity contribution in [3.63, 3.8) is 0 Å². The average Bonchev–Trinajstić information content (AvgIpc) is 0.806. The van der Waals surface area contributed by atoms with E-state index in [1.54, 1.807) is 96.9 Å². The van der Waals surface area contributed by atoms with Crippen molar-refractivity contribution in [3.05, 3.63) is 0 Å². The molecule has 35 nitrogen and oxygen atoms in total. The van der Waals surface area contributed by atoms with Crippen LogP contribution in [-0.4, -0.2) is 332 Å². The molecule has 28 N–H and O–H groups in total. The lowest BCUT2D eigenvalue weighted by atomic mass is 9.73. The number of hydrogen-bond donors (Lipinski definition) is 21. The van der Waals surface area contributed by atoms with Crippen molar-refractivity contribution in [1.29, 1.82) is 0 Å². The second-order valence-corrected chi connectivity index (χ2v) is 37.6. The fraction of sp³-hybridized carbons (Fsp3) is 1.00. The number of rotatable bonds is 35. The summed E-state index contributed by atoms with van der Waals surface area (Å²) in [7, 11) is 0. The quantitative estimate of drug-likeness (QED) is 0.0358. The van der Waals surface area contributed by atoms with Gasteiger partial charge in [-0.15, -0.1) is 0 Å². The van der Waals surface area contributed by atoms with Gasteiger partial charge in [0.1, 0.15) is 0 Å². The number of aliphatic hydroxyl groups is 14. The summed E-state index contributed by atoms with van der Waals surface area (Å²) in [5.74, 6) is -11.3. The summed E-state index contributed by atoms with van der Waals surface area (Å²) < 4.78 is 102. The normalized spacial score (nSPS) is 43.9. The Kier molecular flexibility index (Phi) is 41.3. The zero-order valence-corrected chi connectivity index (χ0v) is 73.2. The monoisotopic (exact) mass is 1720 g/mol. The molecule has 700 valence electrons. The molecular weight excluding hydrogens is 1550 g/mol. The van der Waals surface area contributed by atoms with Crippen molar-refractivity contribution < 1.29 is 138 Å². The highest BCUT2D eigenvalue weighted by atomic mass is 16.8. The Morgan fingerprint density at radius 2 is 0.235 bits per heavy atom. The molecule has 21 aliphatic rings. The van der Waals surface area contributed by atoms with Crippen LogP contribution in [0, 0.1) is 82.9 Å². The molecule has 119 heavy (non-hydrogen) atoms. The molecule has 21 aliphatic heterocycles. The Hall–Kier alpha value is -1.40. The zero-order valence-electron chi connectivity index (χ0n) is 73.2. The van der Waals surface area contributed by atoms with Crippen LogP contribution < -0.4 is 40.1 Å². The highest BCUT2D eigenvalue weighted by molar-refractivity contribution is 5.05. The summed E-state index contributed by atoms with van der Waals surface area (Å²) in [6.45, 7) is 21.2. The van der Waals surface area contributed by atoms with Crippen molar-refractivity contribution in [1.82, 2.24) is 0 Å². The lowest BCUT2D eigenvalue weighted by molar-refractivity contribution is -0.376. The van der Waals surface area contributed by atoms with Gasteiger partial charge in [0.25, 0.3) is 0 Å². The summed E-state index contributed by atoms with van der Waals surface area (Å²) in [5.41, 5.74) is 48.1. The van der Waals surface area contributed by atoms with Gasteiger partial charge in [-0.25, -0.2) is 0 Å². The fourth-order valence-corrected chi connectivity index (χ4v) is 21.8. The van der Waals surface area contributed by atoms with Gasteiger partial charge in [0, 0.05) is 87.2 Å². The Balaban J connectivity index is 1.38. The van der Waals surface area contributed by atoms with Crippen molar-refractivity contribution >= 4 is 0 Å². The van der Waals surface area contributed by atoms with E-state index in [9.17, 15) is 71.5 Å². The molecule has 0 aromatic heterocycles. The molecule has 49 atom stereocenters. The van der Waals surface area contributed by atoms with Gasteiger partial charge in [0.2, 0.25) is 0 Å². The first-order valence-corrected chi connectivity index (χ1v) is 44.8. The Morgan fingerprint density at radius 3 is 0.311 bits per heavy atom. The number of hydrogen-bond acceptors (Lipinski definition) is 35. The molecule has 21 saturated heterocycles. The third-order valence-electron chi connectivity index (χ3n) is 26.2. The van der Waals surface area contributed by atoms with Crippen LogP contribution in [0.2, 0.25) is 0 Å². The molecule has 14 unspecified atom stereocenters. The van der Waals surface area contributed by atoms with Gasteiger partial charge >= 0.3 is 0 Å². The van der Waals surface area contributed by atoms with Gasteiger partial charge in [-0.1, -0.05) is 0 Å². The van der Waals surface area contributed by atoms with Gasteiger partial charge < -0.3 is 178 Å². The van der Waals surface area contributed by atoms with Crippen molar-refractivity contribution in [2.24, 2.45) is 123 Å². The van der Waals surface area contributed by atoms with Crippen LogP contribution in [0.4, 0.5) is 0 Å². The van der Waals surface area contributed by atoms with E-state index in [1.165, 1.54) is 0 Å². The molecule has 14 bridgehead atoms. The number of aliphatic hydroxyl groups excluding tert-OH is 14. The minimum Gasteiger partial charge on any atom is -0.393 e. The third kappa shape index (κ3) is 27.4. The largest absolute Gasteiger partial charge is 0.393 e. The lowest BCUT2D eigenvalue weighted by Crippen LogP contribution is -2.64. The molecule has 0 aromatic carbocycles. The molecule has 21 heterocycles. The minimum atomic E-state index is -1.28. The predicted molar refractivity (Wildman–Crippen MR) is 435 cm³/mol. The van der Waals surface area contributed by atoms with Crippen LogP contribution in [0.3, 0.4) is 0 Å². The van der Waals surface area contributed by atoms with Crippen LogP contribution in [0.25, 0.3) is 0 Å². The van der Waals surface area contributed by atoms with E-state index in [0.29, 0.717) is 0 Å². The van der Waals surface area contributed by atoms with E-state index < -0.39 is 298 Å². The van der Waals surface area contributed by atoms with Crippen LogP contribution in [0.5, 0.6) is 0 Å². The smallest absolute Gasteiger partial charge is 0.161 e. The first-order chi connectivity index (χ1) is 56.2. The van der Waals surface area contributed by atoms with E-state index in [-0.39, 0.29) is 136 Å². The number of nitrogens with two attached hydrogens (primary N) is 7. The van der Waals surface area contributed by atoms with E-state index in [4.69, 9.17) is 106 Å². The minimum absolute atomic E-state index is 0.00191. The maximum atomic E-state index is 11.7. The highest BCUT2D eigenvalue weighted by Gasteiger charge is 2.61. The summed E-state index contributed by atoms with van der Waals surface area (Å²) in [6, 6.07) is 0. The van der Waals surface area contributed by atoms with Crippen LogP contribution in [-0.2, 0) is 66.3 Å². The van der Waals surface area contributed by atoms with Gasteiger partial charge in [-0.3, -0.25) is 0 Å².